The summed E-state index contributed by atoms with van der Waals surface area (Å²) in [6.07, 6.45) is 5.52. The number of hydrogen-bond acceptors (Lipinski definition) is 8. The molecule has 0 aliphatic heterocycles. The number of carbonyl (C=O) groups is 2. The molecular formula is C22H26N4O4S2. The van der Waals surface area contributed by atoms with Crippen LogP contribution >= 0.6 is 23.1 Å². The number of amides is 1. The largest absolute Gasteiger partial charge is 0.465 e. The van der Waals surface area contributed by atoms with E-state index in [-0.39, 0.29) is 11.7 Å². The summed E-state index contributed by atoms with van der Waals surface area (Å²) in [5.41, 5.74) is 1.53. The van der Waals surface area contributed by atoms with Crippen LogP contribution in [0.3, 0.4) is 0 Å². The number of aromatic nitrogens is 3. The van der Waals surface area contributed by atoms with Crippen LogP contribution in [0.2, 0.25) is 0 Å². The van der Waals surface area contributed by atoms with Gasteiger partial charge in [0.05, 0.1) is 24.7 Å². The predicted molar refractivity (Wildman–Crippen MR) is 124 cm³/mol. The number of thioether (sulfide) groups is 1. The van der Waals surface area contributed by atoms with Crippen LogP contribution in [0.25, 0.3) is 11.6 Å². The Morgan fingerprint density at radius 1 is 1.31 bits per heavy atom. The molecule has 10 heteroatoms. The Hall–Kier alpha value is -2.59. The second-order valence-electron chi connectivity index (χ2n) is 8.03. The Morgan fingerprint density at radius 3 is 2.84 bits per heavy atom. The fourth-order valence-electron chi connectivity index (χ4n) is 3.78. The lowest BCUT2D eigenvalue weighted by atomic mass is 9.95. The van der Waals surface area contributed by atoms with Gasteiger partial charge in [0.15, 0.2) is 16.7 Å². The first-order valence-electron chi connectivity index (χ1n) is 10.6. The number of anilines is 1. The molecule has 0 saturated carbocycles. The van der Waals surface area contributed by atoms with Crippen molar-refractivity contribution >= 4 is 40.0 Å². The molecule has 0 aromatic carbocycles. The number of carbonyl (C=O) groups excluding carboxylic acids is 2. The minimum atomic E-state index is -0.396. The van der Waals surface area contributed by atoms with E-state index in [0.717, 1.165) is 31.2 Å². The smallest absolute Gasteiger partial charge is 0.341 e. The molecule has 0 saturated heterocycles. The van der Waals surface area contributed by atoms with Crippen LogP contribution in [0.1, 0.15) is 47.5 Å². The molecule has 3 aromatic heterocycles. The van der Waals surface area contributed by atoms with Gasteiger partial charge in [-0.2, -0.15) is 0 Å². The van der Waals surface area contributed by atoms with Gasteiger partial charge < -0.3 is 14.5 Å². The highest BCUT2D eigenvalue weighted by atomic mass is 32.2. The lowest BCUT2D eigenvalue weighted by Gasteiger charge is -2.12. The van der Waals surface area contributed by atoms with Crippen molar-refractivity contribution in [1.29, 1.82) is 0 Å². The van der Waals surface area contributed by atoms with Crippen LogP contribution in [0.4, 0.5) is 5.00 Å². The van der Waals surface area contributed by atoms with Crippen molar-refractivity contribution in [3.63, 3.8) is 0 Å². The van der Waals surface area contributed by atoms with Crippen molar-refractivity contribution in [1.82, 2.24) is 14.8 Å². The third-order valence-electron chi connectivity index (χ3n) is 5.15. The van der Waals surface area contributed by atoms with E-state index in [0.29, 0.717) is 39.8 Å². The normalized spacial score (nSPS) is 13.2. The van der Waals surface area contributed by atoms with Crippen LogP contribution in [0.5, 0.6) is 0 Å². The molecule has 8 nitrogen and oxygen atoms in total. The summed E-state index contributed by atoms with van der Waals surface area (Å²) in [4.78, 5) is 26.3. The number of nitrogens with one attached hydrogen (secondary N) is 1. The molecular weight excluding hydrogens is 448 g/mol. The summed E-state index contributed by atoms with van der Waals surface area (Å²) in [7, 11) is 1.37. The number of aryl methyl sites for hydroxylation is 1. The first kappa shape index (κ1) is 22.6. The number of hydrogen-bond donors (Lipinski definition) is 1. The zero-order valence-corrected chi connectivity index (χ0v) is 20.0. The molecule has 0 radical (unpaired) electrons. The summed E-state index contributed by atoms with van der Waals surface area (Å²) in [5, 5.41) is 12.7. The Morgan fingerprint density at radius 2 is 2.12 bits per heavy atom. The Balaban J connectivity index is 1.49. The molecule has 170 valence electrons. The highest BCUT2D eigenvalue weighted by Gasteiger charge is 2.27. The van der Waals surface area contributed by atoms with E-state index in [1.165, 1.54) is 35.1 Å². The molecule has 32 heavy (non-hydrogen) atoms. The number of nitrogens with zero attached hydrogens (tertiary/aromatic N) is 3. The molecule has 4 rings (SSSR count). The predicted octanol–water partition coefficient (Wildman–Crippen LogP) is 4.65. The number of thiophene rings is 1. The Bertz CT molecular complexity index is 1100. The molecule has 0 spiro atoms. The van der Waals surface area contributed by atoms with E-state index >= 15 is 0 Å². The van der Waals surface area contributed by atoms with Crippen molar-refractivity contribution in [2.45, 2.75) is 51.2 Å². The fourth-order valence-corrected chi connectivity index (χ4v) is 5.82. The zero-order valence-electron chi connectivity index (χ0n) is 18.3. The van der Waals surface area contributed by atoms with Crippen molar-refractivity contribution in [2.24, 2.45) is 5.92 Å². The maximum atomic E-state index is 12.8. The molecule has 1 aliphatic carbocycles. The number of rotatable bonds is 8. The van der Waals surface area contributed by atoms with Crippen LogP contribution in [-0.2, 0) is 28.9 Å². The number of ether oxygens (including phenoxy) is 1. The van der Waals surface area contributed by atoms with E-state index < -0.39 is 5.97 Å². The van der Waals surface area contributed by atoms with Gasteiger partial charge in [-0.25, -0.2) is 4.79 Å². The summed E-state index contributed by atoms with van der Waals surface area (Å²) < 4.78 is 12.5. The molecule has 1 aliphatic rings. The lowest BCUT2D eigenvalue weighted by molar-refractivity contribution is -0.113. The topological polar surface area (TPSA) is 99.2 Å². The quantitative estimate of drug-likeness (QED) is 0.375. The van der Waals surface area contributed by atoms with Gasteiger partial charge in [-0.3, -0.25) is 9.36 Å². The summed E-state index contributed by atoms with van der Waals surface area (Å²) in [6, 6.07) is 3.65. The number of methoxy groups -OCH3 is 1. The molecule has 3 aromatic rings. The summed E-state index contributed by atoms with van der Waals surface area (Å²) >= 11 is 2.80. The first-order valence-corrected chi connectivity index (χ1v) is 12.4. The van der Waals surface area contributed by atoms with Gasteiger partial charge in [0.1, 0.15) is 5.00 Å². The van der Waals surface area contributed by atoms with Gasteiger partial charge in [0.25, 0.3) is 0 Å². The van der Waals surface area contributed by atoms with E-state index in [1.54, 1.807) is 6.26 Å². The third-order valence-corrected chi connectivity index (χ3v) is 7.33. The molecule has 1 amide bonds. The van der Waals surface area contributed by atoms with E-state index in [1.807, 2.05) is 16.7 Å². The van der Waals surface area contributed by atoms with Crippen molar-refractivity contribution in [3.05, 3.63) is 34.4 Å². The highest BCUT2D eigenvalue weighted by molar-refractivity contribution is 7.99. The first-order chi connectivity index (χ1) is 15.5. The van der Waals surface area contributed by atoms with Crippen molar-refractivity contribution < 1.29 is 18.7 Å². The molecule has 0 unspecified atom stereocenters. The molecule has 1 N–H and O–H groups in total. The van der Waals surface area contributed by atoms with Gasteiger partial charge in [-0.05, 0) is 49.3 Å². The Labute approximate surface area is 194 Å². The highest BCUT2D eigenvalue weighted by Crippen LogP contribution is 2.38. The van der Waals surface area contributed by atoms with Gasteiger partial charge in [-0.15, -0.1) is 21.5 Å². The maximum Gasteiger partial charge on any atom is 0.341 e. The lowest BCUT2D eigenvalue weighted by Crippen LogP contribution is -2.17. The van der Waals surface area contributed by atoms with E-state index in [4.69, 9.17) is 9.15 Å². The second-order valence-corrected chi connectivity index (χ2v) is 10.1. The minimum absolute atomic E-state index is 0.150. The number of fused-ring (bicyclic) bond motifs is 1. The van der Waals surface area contributed by atoms with Gasteiger partial charge >= 0.3 is 5.97 Å². The third kappa shape index (κ3) is 4.75. The average molecular weight is 475 g/mol. The second kappa shape index (κ2) is 9.91. The van der Waals surface area contributed by atoms with Crippen LogP contribution in [-0.4, -0.2) is 39.5 Å². The fraction of sp³-hybridized carbons (Fsp3) is 0.455. The molecule has 0 fully saturated rings. The molecule has 0 atom stereocenters. The maximum absolute atomic E-state index is 12.8. The molecule has 0 bridgehead atoms. The summed E-state index contributed by atoms with van der Waals surface area (Å²) in [6.45, 7) is 4.93. The average Bonchev–Trinajstić information content (AvgIpc) is 3.50. The van der Waals surface area contributed by atoms with Crippen LogP contribution < -0.4 is 5.32 Å². The number of furan rings is 1. The SMILES string of the molecule is COC(=O)c1c(NC(=O)CSc2nnc(-c3ccco3)n2CC(C)C)sc2c1CCCC2. The monoisotopic (exact) mass is 474 g/mol. The van der Waals surface area contributed by atoms with Gasteiger partial charge in [0.2, 0.25) is 5.91 Å². The van der Waals surface area contributed by atoms with Crippen molar-refractivity contribution in [2.75, 3.05) is 18.2 Å². The Kier molecular flexibility index (Phi) is 7.00. The zero-order chi connectivity index (χ0) is 22.7. The van der Waals surface area contributed by atoms with Crippen LogP contribution in [0, 0.1) is 5.92 Å². The minimum Gasteiger partial charge on any atom is -0.465 e. The van der Waals surface area contributed by atoms with Gasteiger partial charge in [0, 0.05) is 11.4 Å². The van der Waals surface area contributed by atoms with Crippen molar-refractivity contribution in [3.8, 4) is 11.6 Å². The summed E-state index contributed by atoms with van der Waals surface area (Å²) in [5.74, 6) is 1.21. The van der Waals surface area contributed by atoms with E-state index in [2.05, 4.69) is 29.4 Å². The standard InChI is InChI=1S/C22H26N4O4S2/c1-13(2)11-26-19(15-8-6-10-30-15)24-25-22(26)31-12-17(27)23-20-18(21(28)29-3)14-7-4-5-9-16(14)32-20/h6,8,10,13H,4-5,7,9,11-12H2,1-3H3,(H,23,27). The molecule has 3 heterocycles. The van der Waals surface area contributed by atoms with Gasteiger partial charge in [-0.1, -0.05) is 25.6 Å². The number of esters is 1. The van der Waals surface area contributed by atoms with E-state index in [9.17, 15) is 9.59 Å². The van der Waals surface area contributed by atoms with Crippen LogP contribution in [0.15, 0.2) is 28.0 Å².